The van der Waals surface area contributed by atoms with Crippen LogP contribution in [-0.4, -0.2) is 38.0 Å². The number of nitrogens with one attached hydrogen (secondary N) is 2. The molecule has 156 valence electrons. The van der Waals surface area contributed by atoms with E-state index >= 15 is 0 Å². The van der Waals surface area contributed by atoms with Crippen LogP contribution in [0.1, 0.15) is 24.2 Å². The zero-order chi connectivity index (χ0) is 20.7. The Kier molecular flexibility index (Phi) is 4.58. The number of rotatable bonds is 4. The number of halogens is 3. The Morgan fingerprint density at radius 3 is 2.80 bits per heavy atom. The van der Waals surface area contributed by atoms with Crippen LogP contribution in [0.25, 0.3) is 16.6 Å². The molecule has 0 aliphatic carbocycles. The summed E-state index contributed by atoms with van der Waals surface area (Å²) in [5.74, 6) is 0.930. The van der Waals surface area contributed by atoms with Crippen LogP contribution in [0.5, 0.6) is 0 Å². The maximum Gasteiger partial charge on any atom is 0.435 e. The van der Waals surface area contributed by atoms with Crippen molar-refractivity contribution in [2.75, 3.05) is 18.5 Å². The molecule has 0 saturated carbocycles. The standard InChI is InChI=1S/C20H19F3N6O/c21-20(22,23)18-15-5-4-13(11-16(15)26-27-18)24-19-25-17-3-1-2-14(29(17)28-19)10-12-6-8-30-9-7-12/h1-5,11-12H,6-10H2,(H,24,28)(H,26,27). The van der Waals surface area contributed by atoms with Crippen molar-refractivity contribution in [3.8, 4) is 0 Å². The highest BCUT2D eigenvalue weighted by Gasteiger charge is 2.35. The molecule has 1 saturated heterocycles. The Morgan fingerprint density at radius 1 is 1.17 bits per heavy atom. The Balaban J connectivity index is 1.41. The number of anilines is 2. The number of hydrogen-bond acceptors (Lipinski definition) is 5. The molecule has 0 bridgehead atoms. The monoisotopic (exact) mass is 416 g/mol. The summed E-state index contributed by atoms with van der Waals surface area (Å²) in [6, 6.07) is 10.4. The second-order valence-electron chi connectivity index (χ2n) is 7.44. The lowest BCUT2D eigenvalue weighted by molar-refractivity contribution is -0.139. The van der Waals surface area contributed by atoms with E-state index in [1.165, 1.54) is 6.07 Å². The van der Waals surface area contributed by atoms with Gasteiger partial charge in [-0.2, -0.15) is 23.3 Å². The van der Waals surface area contributed by atoms with Gasteiger partial charge in [-0.25, -0.2) is 4.52 Å². The summed E-state index contributed by atoms with van der Waals surface area (Å²) in [7, 11) is 0. The third kappa shape index (κ3) is 3.58. The lowest BCUT2D eigenvalue weighted by atomic mass is 9.95. The summed E-state index contributed by atoms with van der Waals surface area (Å²) in [4.78, 5) is 4.50. The fourth-order valence-electron chi connectivity index (χ4n) is 3.86. The van der Waals surface area contributed by atoms with Gasteiger partial charge in [-0.1, -0.05) is 6.07 Å². The number of aromatic nitrogens is 5. The number of fused-ring (bicyclic) bond motifs is 2. The number of hydrogen-bond donors (Lipinski definition) is 2. The van der Waals surface area contributed by atoms with E-state index in [-0.39, 0.29) is 10.9 Å². The molecule has 1 aliphatic rings. The number of nitrogens with zero attached hydrogens (tertiary/aromatic N) is 4. The number of ether oxygens (including phenoxy) is 1. The highest BCUT2D eigenvalue weighted by molar-refractivity contribution is 5.85. The van der Waals surface area contributed by atoms with Crippen LogP contribution in [0.15, 0.2) is 36.4 Å². The van der Waals surface area contributed by atoms with Crippen molar-refractivity contribution in [1.82, 2.24) is 24.8 Å². The molecule has 0 spiro atoms. The molecule has 3 aromatic heterocycles. The Hall–Kier alpha value is -3.14. The van der Waals surface area contributed by atoms with Gasteiger partial charge in [0.25, 0.3) is 0 Å². The number of benzene rings is 1. The van der Waals surface area contributed by atoms with Crippen molar-refractivity contribution in [3.05, 3.63) is 47.8 Å². The molecule has 0 amide bonds. The predicted molar refractivity (Wildman–Crippen MR) is 105 cm³/mol. The van der Waals surface area contributed by atoms with Crippen molar-refractivity contribution < 1.29 is 17.9 Å². The molecule has 4 aromatic rings. The van der Waals surface area contributed by atoms with Crippen LogP contribution < -0.4 is 5.32 Å². The van der Waals surface area contributed by atoms with Gasteiger partial charge < -0.3 is 10.1 Å². The lowest BCUT2D eigenvalue weighted by Gasteiger charge is -2.21. The molecule has 0 radical (unpaired) electrons. The van der Waals surface area contributed by atoms with Crippen molar-refractivity contribution in [2.24, 2.45) is 5.92 Å². The maximum atomic E-state index is 13.0. The third-order valence-electron chi connectivity index (χ3n) is 5.36. The lowest BCUT2D eigenvalue weighted by Crippen LogP contribution is -2.18. The van der Waals surface area contributed by atoms with Crippen molar-refractivity contribution >= 4 is 28.2 Å². The Bertz CT molecular complexity index is 1190. The van der Waals surface area contributed by atoms with Gasteiger partial charge in [-0.05, 0) is 55.5 Å². The molecule has 1 aliphatic heterocycles. The average Bonchev–Trinajstić information content (AvgIpc) is 3.32. The van der Waals surface area contributed by atoms with Gasteiger partial charge in [0, 0.05) is 30.0 Å². The van der Waals surface area contributed by atoms with Gasteiger partial charge >= 0.3 is 6.18 Å². The number of H-pyrrole nitrogens is 1. The van der Waals surface area contributed by atoms with E-state index in [0.717, 1.165) is 38.2 Å². The summed E-state index contributed by atoms with van der Waals surface area (Å²) in [5.41, 5.74) is 1.72. The van der Waals surface area contributed by atoms with Crippen LogP contribution in [0, 0.1) is 5.92 Å². The Morgan fingerprint density at radius 2 is 2.00 bits per heavy atom. The highest BCUT2D eigenvalue weighted by atomic mass is 19.4. The number of pyridine rings is 1. The van der Waals surface area contributed by atoms with Crippen molar-refractivity contribution in [3.63, 3.8) is 0 Å². The van der Waals surface area contributed by atoms with E-state index in [1.54, 1.807) is 12.1 Å². The minimum Gasteiger partial charge on any atom is -0.381 e. The zero-order valence-corrected chi connectivity index (χ0v) is 15.9. The van der Waals surface area contributed by atoms with Crippen molar-refractivity contribution in [2.45, 2.75) is 25.4 Å². The normalized spacial score (nSPS) is 15.8. The molecular formula is C20H19F3N6O. The van der Waals surface area contributed by atoms with E-state index in [4.69, 9.17) is 4.74 Å². The first kappa shape index (κ1) is 18.9. The van der Waals surface area contributed by atoms with E-state index in [9.17, 15) is 13.2 Å². The summed E-state index contributed by atoms with van der Waals surface area (Å²) in [6.45, 7) is 1.58. The average molecular weight is 416 g/mol. The summed E-state index contributed by atoms with van der Waals surface area (Å²) in [5, 5.41) is 13.5. The van der Waals surface area contributed by atoms with Gasteiger partial charge in [-0.15, -0.1) is 5.10 Å². The maximum absolute atomic E-state index is 13.0. The first-order valence-corrected chi connectivity index (χ1v) is 9.72. The van der Waals surface area contributed by atoms with Crippen LogP contribution in [0.4, 0.5) is 24.8 Å². The van der Waals surface area contributed by atoms with Gasteiger partial charge in [0.05, 0.1) is 5.52 Å². The van der Waals surface area contributed by atoms with Crippen molar-refractivity contribution in [1.29, 1.82) is 0 Å². The molecule has 0 atom stereocenters. The molecule has 30 heavy (non-hydrogen) atoms. The van der Waals surface area contributed by atoms with Crippen LogP contribution in [-0.2, 0) is 17.3 Å². The van der Waals surface area contributed by atoms with Gasteiger partial charge in [-0.3, -0.25) is 5.10 Å². The molecule has 0 unspecified atom stereocenters. The molecule has 4 heterocycles. The van der Waals surface area contributed by atoms with Crippen LogP contribution >= 0.6 is 0 Å². The van der Waals surface area contributed by atoms with E-state index in [0.29, 0.717) is 23.2 Å². The third-order valence-corrected chi connectivity index (χ3v) is 5.36. The number of aromatic amines is 1. The largest absolute Gasteiger partial charge is 0.435 e. The molecule has 7 nitrogen and oxygen atoms in total. The summed E-state index contributed by atoms with van der Waals surface area (Å²) >= 11 is 0. The minimum atomic E-state index is -4.50. The SMILES string of the molecule is FC(F)(F)c1n[nH]c2cc(Nc3nc4cccc(CC5CCOCC5)n4n3)ccc12. The second kappa shape index (κ2) is 7.28. The molecule has 10 heteroatoms. The highest BCUT2D eigenvalue weighted by Crippen LogP contribution is 2.34. The van der Waals surface area contributed by atoms with Crippen LogP contribution in [0.3, 0.4) is 0 Å². The summed E-state index contributed by atoms with van der Waals surface area (Å²) in [6.07, 6.45) is -1.55. The van der Waals surface area contributed by atoms with Gasteiger partial charge in [0.1, 0.15) is 0 Å². The fourth-order valence-corrected chi connectivity index (χ4v) is 3.86. The smallest absolute Gasteiger partial charge is 0.381 e. The van der Waals surface area contributed by atoms with E-state index in [1.807, 2.05) is 22.7 Å². The van der Waals surface area contributed by atoms with Gasteiger partial charge in [0.2, 0.25) is 5.95 Å². The van der Waals surface area contributed by atoms with Gasteiger partial charge in [0.15, 0.2) is 11.3 Å². The Labute approximate surface area is 169 Å². The minimum absolute atomic E-state index is 0.0229. The molecule has 1 fully saturated rings. The molecule has 1 aromatic carbocycles. The second-order valence-corrected chi connectivity index (χ2v) is 7.44. The van der Waals surface area contributed by atoms with Crippen LogP contribution in [0.2, 0.25) is 0 Å². The first-order valence-electron chi connectivity index (χ1n) is 9.72. The van der Waals surface area contributed by atoms with E-state index < -0.39 is 11.9 Å². The molecule has 5 rings (SSSR count). The topological polar surface area (TPSA) is 80.1 Å². The fraction of sp³-hybridized carbons (Fsp3) is 0.350. The zero-order valence-electron chi connectivity index (χ0n) is 15.9. The molecular weight excluding hydrogens is 397 g/mol. The first-order chi connectivity index (χ1) is 14.5. The number of alkyl halides is 3. The van der Waals surface area contributed by atoms with E-state index in [2.05, 4.69) is 25.6 Å². The molecule has 2 N–H and O–H groups in total. The summed E-state index contributed by atoms with van der Waals surface area (Å²) < 4.78 is 46.2. The quantitative estimate of drug-likeness (QED) is 0.517. The predicted octanol–water partition coefficient (Wildman–Crippen LogP) is 4.34.